The van der Waals surface area contributed by atoms with Gasteiger partial charge < -0.3 is 15.4 Å². The van der Waals surface area contributed by atoms with E-state index in [0.29, 0.717) is 0 Å². The van der Waals surface area contributed by atoms with Gasteiger partial charge in [-0.2, -0.15) is 0 Å². The van der Waals surface area contributed by atoms with Gasteiger partial charge in [-0.3, -0.25) is 4.79 Å². The fourth-order valence-electron chi connectivity index (χ4n) is 3.06. The van der Waals surface area contributed by atoms with Crippen LogP contribution in [0.5, 0.6) is 0 Å². The van der Waals surface area contributed by atoms with Crippen LogP contribution in [0.2, 0.25) is 0 Å². The Kier molecular flexibility index (Phi) is 5.76. The molecule has 0 radical (unpaired) electrons. The quantitative estimate of drug-likeness (QED) is 0.926. The predicted molar refractivity (Wildman–Crippen MR) is 84.0 cm³/mol. The van der Waals surface area contributed by atoms with Crippen LogP contribution in [0.1, 0.15) is 42.9 Å². The Morgan fingerprint density at radius 3 is 2.95 bits per heavy atom. The van der Waals surface area contributed by atoms with Crippen molar-refractivity contribution >= 4 is 5.91 Å². The molecule has 4 nitrogen and oxygen atoms in total. The van der Waals surface area contributed by atoms with Crippen LogP contribution >= 0.6 is 0 Å². The van der Waals surface area contributed by atoms with Gasteiger partial charge in [0.25, 0.3) is 0 Å². The van der Waals surface area contributed by atoms with Crippen molar-refractivity contribution in [3.8, 4) is 0 Å². The van der Waals surface area contributed by atoms with E-state index in [1.54, 1.807) is 7.11 Å². The number of rotatable bonds is 4. The molecular formula is C17H26N2O2. The molecule has 2 atom stereocenters. The monoisotopic (exact) mass is 290 g/mol. The highest BCUT2D eigenvalue weighted by Crippen LogP contribution is 2.30. The number of aryl methyl sites for hydroxylation is 1. The lowest BCUT2D eigenvalue weighted by atomic mass is 9.98. The number of carbonyl (C=O) groups is 1. The molecule has 1 fully saturated rings. The number of amides is 1. The van der Waals surface area contributed by atoms with Gasteiger partial charge >= 0.3 is 0 Å². The number of hydrogen-bond acceptors (Lipinski definition) is 3. The molecule has 1 amide bonds. The highest BCUT2D eigenvalue weighted by atomic mass is 16.5. The van der Waals surface area contributed by atoms with E-state index in [9.17, 15) is 4.79 Å². The standard InChI is InChI=1S/C17H26N2O2/c1-13-7-6-8-14(11-13)16-9-4-3-5-10-19(16)17(20)15(18)12-21-2/h6-8,11,15-16H,3-5,9-10,12,18H2,1-2H3. The minimum absolute atomic E-state index is 0.00487. The van der Waals surface area contributed by atoms with Crippen molar-refractivity contribution in [1.29, 1.82) is 0 Å². The Balaban J connectivity index is 2.23. The van der Waals surface area contributed by atoms with E-state index in [2.05, 4.69) is 31.2 Å². The molecule has 21 heavy (non-hydrogen) atoms. The van der Waals surface area contributed by atoms with Crippen LogP contribution in [0, 0.1) is 6.92 Å². The van der Waals surface area contributed by atoms with E-state index in [0.717, 1.165) is 25.8 Å². The van der Waals surface area contributed by atoms with Crippen LogP contribution in [0.15, 0.2) is 24.3 Å². The van der Waals surface area contributed by atoms with Gasteiger partial charge in [0.05, 0.1) is 12.6 Å². The minimum Gasteiger partial charge on any atom is -0.383 e. The first-order valence-electron chi connectivity index (χ1n) is 7.75. The van der Waals surface area contributed by atoms with Crippen LogP contribution < -0.4 is 5.73 Å². The first-order valence-corrected chi connectivity index (χ1v) is 7.75. The molecule has 1 aliphatic heterocycles. The van der Waals surface area contributed by atoms with Gasteiger partial charge in [-0.05, 0) is 25.3 Å². The van der Waals surface area contributed by atoms with Gasteiger partial charge in [0.2, 0.25) is 5.91 Å². The van der Waals surface area contributed by atoms with Crippen molar-refractivity contribution in [3.63, 3.8) is 0 Å². The molecule has 1 aromatic carbocycles. The molecule has 0 saturated carbocycles. The molecule has 2 rings (SSSR count). The SMILES string of the molecule is COCC(N)C(=O)N1CCCCCC1c1cccc(C)c1. The third-order valence-corrected chi connectivity index (χ3v) is 4.13. The van der Waals surface area contributed by atoms with Crippen LogP contribution in [0.4, 0.5) is 0 Å². The summed E-state index contributed by atoms with van der Waals surface area (Å²) in [5, 5.41) is 0. The molecule has 116 valence electrons. The maximum absolute atomic E-state index is 12.6. The summed E-state index contributed by atoms with van der Waals surface area (Å²) in [7, 11) is 1.58. The molecule has 4 heteroatoms. The lowest BCUT2D eigenvalue weighted by Crippen LogP contribution is -2.47. The zero-order chi connectivity index (χ0) is 15.2. The van der Waals surface area contributed by atoms with Crippen molar-refractivity contribution < 1.29 is 9.53 Å². The van der Waals surface area contributed by atoms with E-state index in [1.165, 1.54) is 17.5 Å². The number of carbonyl (C=O) groups excluding carboxylic acids is 1. The lowest BCUT2D eigenvalue weighted by Gasteiger charge is -2.32. The molecule has 1 heterocycles. The molecular weight excluding hydrogens is 264 g/mol. The molecule has 2 N–H and O–H groups in total. The van der Waals surface area contributed by atoms with E-state index >= 15 is 0 Å². The average Bonchev–Trinajstić information content (AvgIpc) is 2.72. The van der Waals surface area contributed by atoms with Gasteiger partial charge in [-0.1, -0.05) is 42.7 Å². The average molecular weight is 290 g/mol. The van der Waals surface area contributed by atoms with Crippen molar-refractivity contribution in [2.24, 2.45) is 5.73 Å². The van der Waals surface area contributed by atoms with E-state index < -0.39 is 6.04 Å². The highest BCUT2D eigenvalue weighted by Gasteiger charge is 2.29. The molecule has 1 saturated heterocycles. The largest absolute Gasteiger partial charge is 0.383 e. The third kappa shape index (κ3) is 4.05. The zero-order valence-electron chi connectivity index (χ0n) is 13.0. The molecule has 0 bridgehead atoms. The van der Waals surface area contributed by atoms with Gasteiger partial charge in [0, 0.05) is 13.7 Å². The van der Waals surface area contributed by atoms with Crippen LogP contribution in [0.25, 0.3) is 0 Å². The number of methoxy groups -OCH3 is 1. The first-order chi connectivity index (χ1) is 10.1. The summed E-state index contributed by atoms with van der Waals surface area (Å²) in [6, 6.07) is 8.02. The third-order valence-electron chi connectivity index (χ3n) is 4.13. The van der Waals surface area contributed by atoms with E-state index in [-0.39, 0.29) is 18.6 Å². The van der Waals surface area contributed by atoms with E-state index in [1.807, 2.05) is 4.90 Å². The second-order valence-corrected chi connectivity index (χ2v) is 5.87. The number of ether oxygens (including phenoxy) is 1. The van der Waals surface area contributed by atoms with E-state index in [4.69, 9.17) is 10.5 Å². The summed E-state index contributed by atoms with van der Waals surface area (Å²) < 4.78 is 5.03. The minimum atomic E-state index is -0.569. The number of benzene rings is 1. The molecule has 0 aromatic heterocycles. The van der Waals surface area contributed by atoms with Crippen molar-refractivity contribution in [3.05, 3.63) is 35.4 Å². The molecule has 0 spiro atoms. The van der Waals surface area contributed by atoms with Gasteiger partial charge in [0.1, 0.15) is 6.04 Å². The number of nitrogens with zero attached hydrogens (tertiary/aromatic N) is 1. The summed E-state index contributed by atoms with van der Waals surface area (Å²) in [5.74, 6) is 0.00487. The molecule has 1 aliphatic rings. The molecule has 0 aliphatic carbocycles. The Labute approximate surface area is 127 Å². The Morgan fingerprint density at radius 2 is 2.24 bits per heavy atom. The van der Waals surface area contributed by atoms with Crippen LogP contribution in [0.3, 0.4) is 0 Å². The van der Waals surface area contributed by atoms with Crippen molar-refractivity contribution in [1.82, 2.24) is 4.90 Å². The molecule has 1 aromatic rings. The number of nitrogens with two attached hydrogens (primary N) is 1. The Morgan fingerprint density at radius 1 is 1.43 bits per heavy atom. The molecule has 2 unspecified atom stereocenters. The zero-order valence-corrected chi connectivity index (χ0v) is 13.0. The van der Waals surface area contributed by atoms with Crippen LogP contribution in [-0.2, 0) is 9.53 Å². The van der Waals surface area contributed by atoms with Crippen LogP contribution in [-0.4, -0.2) is 37.1 Å². The summed E-state index contributed by atoms with van der Waals surface area (Å²) in [5.41, 5.74) is 8.41. The first kappa shape index (κ1) is 16.0. The smallest absolute Gasteiger partial charge is 0.242 e. The topological polar surface area (TPSA) is 55.6 Å². The van der Waals surface area contributed by atoms with Crippen molar-refractivity contribution in [2.45, 2.75) is 44.7 Å². The maximum Gasteiger partial charge on any atom is 0.242 e. The number of likely N-dealkylation sites (tertiary alicyclic amines) is 1. The summed E-state index contributed by atoms with van der Waals surface area (Å²) >= 11 is 0. The number of hydrogen-bond donors (Lipinski definition) is 1. The fourth-order valence-corrected chi connectivity index (χ4v) is 3.06. The predicted octanol–water partition coefficient (Wildman–Crippen LogP) is 2.41. The van der Waals surface area contributed by atoms with Crippen molar-refractivity contribution in [2.75, 3.05) is 20.3 Å². The van der Waals surface area contributed by atoms with Gasteiger partial charge in [-0.15, -0.1) is 0 Å². The summed E-state index contributed by atoms with van der Waals surface area (Å²) in [4.78, 5) is 14.6. The summed E-state index contributed by atoms with van der Waals surface area (Å²) in [6.45, 7) is 3.15. The lowest BCUT2D eigenvalue weighted by molar-refractivity contribution is -0.136. The highest BCUT2D eigenvalue weighted by molar-refractivity contribution is 5.82. The Bertz CT molecular complexity index is 476. The van der Waals surface area contributed by atoms with Gasteiger partial charge in [0.15, 0.2) is 0 Å². The second-order valence-electron chi connectivity index (χ2n) is 5.87. The maximum atomic E-state index is 12.6. The normalized spacial score (nSPS) is 20.9. The Hall–Kier alpha value is -1.39. The fraction of sp³-hybridized carbons (Fsp3) is 0.588. The van der Waals surface area contributed by atoms with Gasteiger partial charge in [-0.25, -0.2) is 0 Å². The second kappa shape index (κ2) is 7.57. The summed E-state index contributed by atoms with van der Waals surface area (Å²) in [6.07, 6.45) is 4.39.